The fraction of sp³-hybridized carbons (Fsp3) is 0.316. The van der Waals surface area contributed by atoms with Crippen molar-refractivity contribution in [1.82, 2.24) is 4.90 Å². The molecule has 0 aliphatic carbocycles. The predicted octanol–water partition coefficient (Wildman–Crippen LogP) is 4.69. The third kappa shape index (κ3) is 5.11. The van der Waals surface area contributed by atoms with Crippen molar-refractivity contribution in [3.63, 3.8) is 0 Å². The molecule has 0 aliphatic rings. The van der Waals surface area contributed by atoms with Gasteiger partial charge in [0.25, 0.3) is 0 Å². The van der Waals surface area contributed by atoms with Crippen LogP contribution in [-0.4, -0.2) is 17.4 Å². The van der Waals surface area contributed by atoms with Crippen molar-refractivity contribution in [3.8, 4) is 0 Å². The van der Waals surface area contributed by atoms with Crippen LogP contribution in [0.3, 0.4) is 0 Å². The summed E-state index contributed by atoms with van der Waals surface area (Å²) in [4.78, 5) is 14.2. The lowest BCUT2D eigenvalue weighted by Gasteiger charge is -2.22. The highest BCUT2D eigenvalue weighted by molar-refractivity contribution is 5.78. The summed E-state index contributed by atoms with van der Waals surface area (Å²) < 4.78 is 38.3. The molecule has 0 fully saturated rings. The molecule has 128 valence electrons. The first kappa shape index (κ1) is 18.0. The summed E-state index contributed by atoms with van der Waals surface area (Å²) in [6.45, 7) is 3.01. The Hall–Kier alpha value is -2.30. The zero-order valence-corrected chi connectivity index (χ0v) is 13.5. The maximum Gasteiger partial charge on any atom is 0.416 e. The van der Waals surface area contributed by atoms with E-state index in [0.29, 0.717) is 18.7 Å². The zero-order valence-electron chi connectivity index (χ0n) is 13.5. The van der Waals surface area contributed by atoms with Crippen molar-refractivity contribution in [2.45, 2.75) is 32.5 Å². The molecule has 2 nitrogen and oxygen atoms in total. The normalized spacial score (nSPS) is 11.3. The average molecular weight is 335 g/mol. The fourth-order valence-electron chi connectivity index (χ4n) is 2.51. The molecule has 0 spiro atoms. The van der Waals surface area contributed by atoms with Gasteiger partial charge in [-0.15, -0.1) is 0 Å². The molecule has 0 atom stereocenters. The number of halogens is 3. The molecule has 0 saturated carbocycles. The SMILES string of the molecule is CCCN(Cc1ccccc1)C(=O)Cc1cccc(C(F)(F)F)c1. The third-order valence-corrected chi connectivity index (χ3v) is 3.67. The maximum absolute atomic E-state index is 12.8. The second kappa shape index (κ2) is 7.99. The van der Waals surface area contributed by atoms with Crippen molar-refractivity contribution in [2.24, 2.45) is 0 Å². The molecule has 2 rings (SSSR count). The van der Waals surface area contributed by atoms with Crippen LogP contribution in [-0.2, 0) is 23.9 Å². The molecule has 0 aliphatic heterocycles. The first-order valence-electron chi connectivity index (χ1n) is 7.88. The van der Waals surface area contributed by atoms with Crippen LogP contribution < -0.4 is 0 Å². The van der Waals surface area contributed by atoms with E-state index in [2.05, 4.69) is 0 Å². The Labute approximate surface area is 139 Å². The van der Waals surface area contributed by atoms with Crippen molar-refractivity contribution in [1.29, 1.82) is 0 Å². The minimum atomic E-state index is -4.40. The summed E-state index contributed by atoms with van der Waals surface area (Å²) in [5.41, 5.74) is 0.658. The van der Waals surface area contributed by atoms with Crippen molar-refractivity contribution < 1.29 is 18.0 Å². The van der Waals surface area contributed by atoms with Crippen LogP contribution in [0.25, 0.3) is 0 Å². The van der Waals surface area contributed by atoms with E-state index >= 15 is 0 Å². The molecule has 1 amide bonds. The zero-order chi connectivity index (χ0) is 17.6. The van der Waals surface area contributed by atoms with Crippen LogP contribution in [0.15, 0.2) is 54.6 Å². The summed E-state index contributed by atoms with van der Waals surface area (Å²) in [6.07, 6.45) is -3.63. The van der Waals surface area contributed by atoms with Crippen molar-refractivity contribution in [3.05, 3.63) is 71.3 Å². The van der Waals surface area contributed by atoms with Crippen molar-refractivity contribution >= 4 is 5.91 Å². The quantitative estimate of drug-likeness (QED) is 0.750. The molecular formula is C19H20F3NO. The Bertz CT molecular complexity index is 668. The molecule has 0 bridgehead atoms. The number of carbonyl (C=O) groups is 1. The first-order valence-corrected chi connectivity index (χ1v) is 7.88. The van der Waals surface area contributed by atoms with E-state index in [0.717, 1.165) is 24.1 Å². The Morgan fingerprint density at radius 2 is 1.67 bits per heavy atom. The van der Waals surface area contributed by atoms with E-state index in [-0.39, 0.29) is 12.3 Å². The average Bonchev–Trinajstić information content (AvgIpc) is 2.55. The van der Waals surface area contributed by atoms with Gasteiger partial charge in [-0.1, -0.05) is 55.5 Å². The van der Waals surface area contributed by atoms with Gasteiger partial charge in [0.2, 0.25) is 5.91 Å². The molecule has 0 aromatic heterocycles. The number of hydrogen-bond acceptors (Lipinski definition) is 1. The van der Waals surface area contributed by atoms with Crippen LogP contribution in [0.2, 0.25) is 0 Å². The topological polar surface area (TPSA) is 20.3 Å². The number of carbonyl (C=O) groups excluding carboxylic acids is 1. The van der Waals surface area contributed by atoms with E-state index in [1.807, 2.05) is 37.3 Å². The van der Waals surface area contributed by atoms with Gasteiger partial charge in [-0.25, -0.2) is 0 Å². The minimum Gasteiger partial charge on any atom is -0.338 e. The van der Waals surface area contributed by atoms with Crippen LogP contribution in [0, 0.1) is 0 Å². The second-order valence-corrected chi connectivity index (χ2v) is 5.68. The second-order valence-electron chi connectivity index (χ2n) is 5.68. The van der Waals surface area contributed by atoms with E-state index in [1.54, 1.807) is 11.0 Å². The van der Waals surface area contributed by atoms with E-state index in [1.165, 1.54) is 6.07 Å². The van der Waals surface area contributed by atoms with E-state index < -0.39 is 11.7 Å². The maximum atomic E-state index is 12.8. The van der Waals surface area contributed by atoms with Gasteiger partial charge in [0, 0.05) is 13.1 Å². The Morgan fingerprint density at radius 1 is 1.00 bits per heavy atom. The number of hydrogen-bond donors (Lipinski definition) is 0. The van der Waals surface area contributed by atoms with Gasteiger partial charge in [-0.3, -0.25) is 4.79 Å². The molecule has 0 saturated heterocycles. The van der Waals surface area contributed by atoms with Crippen LogP contribution >= 0.6 is 0 Å². The molecule has 5 heteroatoms. The van der Waals surface area contributed by atoms with Crippen molar-refractivity contribution in [2.75, 3.05) is 6.54 Å². The highest BCUT2D eigenvalue weighted by atomic mass is 19.4. The molecule has 2 aromatic rings. The highest BCUT2D eigenvalue weighted by Gasteiger charge is 2.30. The van der Waals surface area contributed by atoms with Gasteiger partial charge in [0.1, 0.15) is 0 Å². The lowest BCUT2D eigenvalue weighted by Crippen LogP contribution is -2.32. The Balaban J connectivity index is 2.10. The monoisotopic (exact) mass is 335 g/mol. The highest BCUT2D eigenvalue weighted by Crippen LogP contribution is 2.29. The van der Waals surface area contributed by atoms with Gasteiger partial charge < -0.3 is 4.90 Å². The van der Waals surface area contributed by atoms with E-state index in [4.69, 9.17) is 0 Å². The van der Waals surface area contributed by atoms with E-state index in [9.17, 15) is 18.0 Å². The molecule has 0 radical (unpaired) electrons. The number of nitrogens with zero attached hydrogens (tertiary/aromatic N) is 1. The summed E-state index contributed by atoms with van der Waals surface area (Å²) in [6, 6.07) is 14.5. The number of alkyl halides is 3. The van der Waals surface area contributed by atoms with Crippen LogP contribution in [0.1, 0.15) is 30.0 Å². The Kier molecular flexibility index (Phi) is 6.01. The van der Waals surface area contributed by atoms with Gasteiger partial charge in [-0.2, -0.15) is 13.2 Å². The standard InChI is InChI=1S/C19H20F3NO/c1-2-11-23(14-15-7-4-3-5-8-15)18(24)13-16-9-6-10-17(12-16)19(20,21)22/h3-10,12H,2,11,13-14H2,1H3. The lowest BCUT2D eigenvalue weighted by atomic mass is 10.1. The van der Waals surface area contributed by atoms with Crippen LogP contribution in [0.5, 0.6) is 0 Å². The lowest BCUT2D eigenvalue weighted by molar-refractivity contribution is -0.138. The molecule has 2 aromatic carbocycles. The fourth-order valence-corrected chi connectivity index (χ4v) is 2.51. The van der Waals surface area contributed by atoms with Gasteiger partial charge in [0.15, 0.2) is 0 Å². The molecule has 0 N–H and O–H groups in total. The molecular weight excluding hydrogens is 315 g/mol. The van der Waals surface area contributed by atoms with Crippen LogP contribution in [0.4, 0.5) is 13.2 Å². The predicted molar refractivity (Wildman–Crippen MR) is 87.3 cm³/mol. The van der Waals surface area contributed by atoms with Gasteiger partial charge in [0.05, 0.1) is 12.0 Å². The van der Waals surface area contributed by atoms with Gasteiger partial charge in [-0.05, 0) is 23.6 Å². The van der Waals surface area contributed by atoms with Gasteiger partial charge >= 0.3 is 6.18 Å². The smallest absolute Gasteiger partial charge is 0.338 e. The molecule has 0 unspecified atom stereocenters. The number of rotatable bonds is 6. The largest absolute Gasteiger partial charge is 0.416 e. The number of amides is 1. The molecule has 24 heavy (non-hydrogen) atoms. The summed E-state index contributed by atoms with van der Waals surface area (Å²) in [5, 5.41) is 0. The third-order valence-electron chi connectivity index (χ3n) is 3.67. The molecule has 0 heterocycles. The first-order chi connectivity index (χ1) is 11.4. The minimum absolute atomic E-state index is 0.0310. The Morgan fingerprint density at radius 3 is 2.29 bits per heavy atom. The summed E-state index contributed by atoms with van der Waals surface area (Å²) >= 11 is 0. The summed E-state index contributed by atoms with van der Waals surface area (Å²) in [5.74, 6) is -0.167. The summed E-state index contributed by atoms with van der Waals surface area (Å²) in [7, 11) is 0. The number of benzene rings is 2.